The minimum absolute atomic E-state index is 0. The molecule has 8 bridgehead atoms. The molecule has 0 spiro atoms. The normalized spacial score (nSPS) is 17.8. The van der Waals surface area contributed by atoms with E-state index in [2.05, 4.69) is 41.2 Å². The van der Waals surface area contributed by atoms with Gasteiger partial charge in [-0.2, -0.15) is 0 Å². The number of methoxy groups -OCH3 is 1. The van der Waals surface area contributed by atoms with Crippen LogP contribution in [0.15, 0.2) is 36.4 Å². The Morgan fingerprint density at radius 2 is 1.53 bits per heavy atom. The van der Waals surface area contributed by atoms with Crippen LogP contribution in [0.5, 0.6) is 0 Å². The van der Waals surface area contributed by atoms with E-state index >= 15 is 0 Å². The fraction of sp³-hybridized carbons (Fsp3) is 0.527. The van der Waals surface area contributed by atoms with E-state index in [4.69, 9.17) is 29.4 Å². The van der Waals surface area contributed by atoms with Crippen molar-refractivity contribution in [3.63, 3.8) is 0 Å². The van der Waals surface area contributed by atoms with E-state index in [0.717, 1.165) is 47.7 Å². The van der Waals surface area contributed by atoms with E-state index < -0.39 is 17.7 Å². The Kier molecular flexibility index (Phi) is 18.6. The zero-order valence-electron chi connectivity index (χ0n) is 41.3. The van der Waals surface area contributed by atoms with Crippen LogP contribution in [0, 0.1) is 31.6 Å². The van der Waals surface area contributed by atoms with E-state index in [9.17, 15) is 19.2 Å². The topological polar surface area (TPSA) is 141 Å². The maximum Gasteiger partial charge on any atom is 2.00 e. The summed E-state index contributed by atoms with van der Waals surface area (Å²) in [5.74, 6) is -0.983. The smallest absolute Gasteiger partial charge is 0.657 e. The van der Waals surface area contributed by atoms with E-state index in [1.165, 1.54) is 57.6 Å². The number of esters is 2. The molecule has 0 aromatic carbocycles. The molecular formula is C55H70MgN4O6. The predicted octanol–water partition coefficient (Wildman–Crippen LogP) is 12.0. The summed E-state index contributed by atoms with van der Waals surface area (Å²) in [5, 5.41) is 0. The predicted molar refractivity (Wildman–Crippen MR) is 266 cm³/mol. The summed E-state index contributed by atoms with van der Waals surface area (Å²) in [6.45, 7) is 23.5. The van der Waals surface area contributed by atoms with E-state index in [0.29, 0.717) is 85.9 Å². The molecule has 0 saturated carbocycles. The molecule has 0 amide bonds. The molecule has 6 rings (SSSR count). The summed E-state index contributed by atoms with van der Waals surface area (Å²) in [6.07, 6.45) is 16.8. The van der Waals surface area contributed by atoms with Gasteiger partial charge >= 0.3 is 35.0 Å². The van der Waals surface area contributed by atoms with Crippen LogP contribution >= 0.6 is 0 Å². The molecule has 5 heterocycles. The summed E-state index contributed by atoms with van der Waals surface area (Å²) in [6, 6.07) is 5.55. The number of carbonyl (C=O) groups is 4. The van der Waals surface area contributed by atoms with Crippen molar-refractivity contribution in [3.05, 3.63) is 87.0 Å². The van der Waals surface area contributed by atoms with Crippen LogP contribution in [0.1, 0.15) is 199 Å². The van der Waals surface area contributed by atoms with Crippen molar-refractivity contribution in [2.75, 3.05) is 13.7 Å². The van der Waals surface area contributed by atoms with Gasteiger partial charge in [-0.1, -0.05) is 128 Å². The average molecular weight is 907 g/mol. The first kappa shape index (κ1) is 52.4. The van der Waals surface area contributed by atoms with Crippen molar-refractivity contribution < 1.29 is 28.7 Å². The molecule has 11 heteroatoms. The number of carbonyl (C=O) groups excluding carboxylic acids is 4. The van der Waals surface area contributed by atoms with Gasteiger partial charge in [-0.25, -0.2) is 4.98 Å². The number of hydrogen-bond acceptors (Lipinski definition) is 8. The van der Waals surface area contributed by atoms with Gasteiger partial charge in [0, 0.05) is 40.8 Å². The van der Waals surface area contributed by atoms with Crippen molar-refractivity contribution in [2.24, 2.45) is 17.8 Å². The SMILES string of the molecule is C=Cc1c(C)c2cc3nc(c4c5[n-]c(cc6nc(cc1[n-]2)C(C=O)=C6CC)c(C)c5C(=O)C4C(=O)OC)[C@@H](CCC(=O)OC/C=C(\C)CCC[C@H](C)CCC[C@H](C)CCCC(C)C)[C@@H]3C.[Mg+2]. The third kappa shape index (κ3) is 11.6. The number of hydrogen-bond donors (Lipinski definition) is 0. The maximum atomic E-state index is 14.4. The average Bonchev–Trinajstić information content (AvgIpc) is 4.02. The zero-order chi connectivity index (χ0) is 47.1. The summed E-state index contributed by atoms with van der Waals surface area (Å²) < 4.78 is 11.0. The fourth-order valence-corrected chi connectivity index (χ4v) is 10.0. The number of aromatic nitrogens is 4. The van der Waals surface area contributed by atoms with Gasteiger partial charge in [0.15, 0.2) is 12.1 Å². The van der Waals surface area contributed by atoms with Crippen LogP contribution < -0.4 is 9.97 Å². The maximum absolute atomic E-state index is 14.4. The van der Waals surface area contributed by atoms with Crippen molar-refractivity contribution in [1.82, 2.24) is 19.9 Å². The molecule has 5 atom stereocenters. The second kappa shape index (κ2) is 23.4. The Balaban J connectivity index is 0.00000817. The second-order valence-electron chi connectivity index (χ2n) is 19.3. The van der Waals surface area contributed by atoms with Crippen LogP contribution in [-0.2, 0) is 23.9 Å². The molecule has 0 saturated heterocycles. The van der Waals surface area contributed by atoms with Crippen LogP contribution in [0.2, 0.25) is 0 Å². The van der Waals surface area contributed by atoms with Crippen LogP contribution in [0.3, 0.4) is 0 Å². The first-order chi connectivity index (χ1) is 31.1. The molecule has 1 unspecified atom stereocenters. The van der Waals surface area contributed by atoms with Crippen molar-refractivity contribution >= 4 is 86.3 Å². The number of Topliss-reactive ketones (excluding diaryl/α,β-unsaturated/α-hetero) is 1. The molecule has 3 aliphatic rings. The van der Waals surface area contributed by atoms with Gasteiger partial charge in [-0.05, 0) is 93.1 Å². The largest absolute Gasteiger partial charge is 2.00 e. The number of aldehydes is 1. The van der Waals surface area contributed by atoms with Crippen LogP contribution in [0.4, 0.5) is 0 Å². The van der Waals surface area contributed by atoms with E-state index in [-0.39, 0.29) is 53.9 Å². The Hall–Kier alpha value is -4.61. The Labute approximate surface area is 408 Å². The minimum atomic E-state index is -1.27. The number of rotatable bonds is 21. The van der Waals surface area contributed by atoms with Gasteiger partial charge in [-0.3, -0.25) is 24.2 Å². The molecular weight excluding hydrogens is 837 g/mol. The molecule has 2 aliphatic heterocycles. The fourth-order valence-electron chi connectivity index (χ4n) is 10.0. The van der Waals surface area contributed by atoms with Crippen molar-refractivity contribution in [1.29, 1.82) is 0 Å². The summed E-state index contributed by atoms with van der Waals surface area (Å²) in [5.41, 5.74) is 9.91. The minimum Gasteiger partial charge on any atom is -0.657 e. The van der Waals surface area contributed by atoms with Gasteiger partial charge in [0.1, 0.15) is 12.5 Å². The quantitative estimate of drug-likeness (QED) is 0.0333. The number of fused-ring (bicyclic) bond motifs is 8. The summed E-state index contributed by atoms with van der Waals surface area (Å²) in [4.78, 5) is 74.1. The van der Waals surface area contributed by atoms with E-state index in [1.807, 2.05) is 45.9 Å². The van der Waals surface area contributed by atoms with Gasteiger partial charge in [0.2, 0.25) is 0 Å². The van der Waals surface area contributed by atoms with Crippen molar-refractivity contribution in [3.8, 4) is 0 Å². The number of allylic oxidation sites excluding steroid dienone is 3. The Morgan fingerprint density at radius 1 is 0.879 bits per heavy atom. The summed E-state index contributed by atoms with van der Waals surface area (Å²) >= 11 is 0. The molecule has 1 aliphatic carbocycles. The molecule has 66 heavy (non-hydrogen) atoms. The van der Waals surface area contributed by atoms with Gasteiger partial charge in [-0.15, -0.1) is 22.1 Å². The van der Waals surface area contributed by atoms with Gasteiger partial charge in [0.05, 0.1) is 18.5 Å². The second-order valence-corrected chi connectivity index (χ2v) is 19.3. The monoisotopic (exact) mass is 907 g/mol. The molecule has 10 nitrogen and oxygen atoms in total. The third-order valence-corrected chi connectivity index (χ3v) is 14.1. The first-order valence-corrected chi connectivity index (χ1v) is 24.0. The van der Waals surface area contributed by atoms with E-state index in [1.54, 1.807) is 12.1 Å². The molecule has 0 fully saturated rings. The van der Waals surface area contributed by atoms with Crippen LogP contribution in [0.25, 0.3) is 39.3 Å². The number of ketones is 1. The zero-order valence-corrected chi connectivity index (χ0v) is 42.7. The number of ether oxygens (including phenoxy) is 2. The molecule has 3 aromatic rings. The van der Waals surface area contributed by atoms with Crippen LogP contribution in [-0.4, -0.2) is 70.7 Å². The molecule has 3 aromatic heterocycles. The molecule has 0 N–H and O–H groups in total. The standard InChI is InChI=1S/C55H71N4O6.Mg/c1-12-38-35(8)42-27-43-36(9)40(23-24-48(61)65-26-25-34(7)22-16-21-33(6)20-15-19-32(5)18-14-17-31(3)4)52(58-43)50-51(55(63)64-11)54(62)49-37(10)44(59-53(49)50)28-46-39(13-2)41(30-60)47(57-46)29-45(38)56-42;/h12,25,27-33,36,40,51H,1,13-24,26H2,2-11H3,(H-,56,57,58,59,60,62);/q-1;+2/p-1/b34-25+;/t32-,33-,36+,40+,51?;/m1./s1. The third-order valence-electron chi connectivity index (χ3n) is 14.1. The number of nitrogens with zero attached hydrogens (tertiary/aromatic N) is 4. The Morgan fingerprint density at radius 3 is 2.17 bits per heavy atom. The van der Waals surface area contributed by atoms with Crippen molar-refractivity contribution in [2.45, 2.75) is 157 Å². The molecule has 348 valence electrons. The number of aryl methyl sites for hydroxylation is 2. The Bertz CT molecular complexity index is 2540. The summed E-state index contributed by atoms with van der Waals surface area (Å²) in [7, 11) is 1.27. The van der Waals surface area contributed by atoms with Gasteiger partial charge in [0.25, 0.3) is 0 Å². The first-order valence-electron chi connectivity index (χ1n) is 24.0. The van der Waals surface area contributed by atoms with Gasteiger partial charge < -0.3 is 19.4 Å². The molecule has 0 radical (unpaired) electrons.